The first-order valence-electron chi connectivity index (χ1n) is 10.8. The van der Waals surface area contributed by atoms with E-state index in [0.29, 0.717) is 18.7 Å². The van der Waals surface area contributed by atoms with Gasteiger partial charge in [0.15, 0.2) is 6.29 Å². The maximum atomic E-state index is 13.3. The molecule has 0 saturated heterocycles. The number of nitrogens with one attached hydrogen (secondary N) is 3. The predicted molar refractivity (Wildman–Crippen MR) is 125 cm³/mol. The fourth-order valence-corrected chi connectivity index (χ4v) is 4.91. The first-order valence-corrected chi connectivity index (χ1v) is 12.3. The van der Waals surface area contributed by atoms with Crippen LogP contribution in [0.5, 0.6) is 5.75 Å². The van der Waals surface area contributed by atoms with Gasteiger partial charge in [0.2, 0.25) is 9.84 Å². The number of aliphatic imine (C=N–C) groups is 1. The second kappa shape index (κ2) is 12.3. The molecule has 178 valence electrons. The number of rotatable bonds is 13. The molecule has 2 heterocycles. The molecular formula is C22H29N5O5S. The number of anilines is 1. The van der Waals surface area contributed by atoms with Crippen LogP contribution in [-0.2, 0) is 14.6 Å². The van der Waals surface area contributed by atoms with Gasteiger partial charge >= 0.3 is 5.97 Å². The number of carboxylic acids is 1. The summed E-state index contributed by atoms with van der Waals surface area (Å²) in [6, 6.07) is 9.54. The zero-order chi connectivity index (χ0) is 23.5. The molecule has 2 unspecified atom stereocenters. The van der Waals surface area contributed by atoms with Gasteiger partial charge in [0.05, 0.1) is 18.7 Å². The molecule has 0 radical (unpaired) electrons. The number of ether oxygens (including phenoxy) is 1. The van der Waals surface area contributed by atoms with E-state index in [0.717, 1.165) is 25.9 Å². The summed E-state index contributed by atoms with van der Waals surface area (Å²) in [6.45, 7) is 1.97. The van der Waals surface area contributed by atoms with Crippen LogP contribution in [0.15, 0.2) is 58.7 Å². The molecule has 0 amide bonds. The van der Waals surface area contributed by atoms with Gasteiger partial charge in [-0.15, -0.1) is 0 Å². The molecule has 0 fully saturated rings. The standard InChI is InChI=1S/C22H29N5O5S/c28-21(29)15-20(27-17-7-5-10-23-16-17)33(30,31)19-9-2-1-8-18(19)32-14-4-3-11-24-22-25-12-6-13-26-22/h1-2,5,7-10,12,16,20,22,24,26-27H,3-4,6,11,13-15H2,(H,28,29). The van der Waals surface area contributed by atoms with E-state index in [1.165, 1.54) is 12.3 Å². The summed E-state index contributed by atoms with van der Waals surface area (Å²) in [5.41, 5.74) is 0.412. The molecule has 3 rings (SSSR count). The molecule has 33 heavy (non-hydrogen) atoms. The Kier molecular flexibility index (Phi) is 9.16. The van der Waals surface area contributed by atoms with Gasteiger partial charge in [-0.1, -0.05) is 12.1 Å². The zero-order valence-corrected chi connectivity index (χ0v) is 19.0. The van der Waals surface area contributed by atoms with Gasteiger partial charge in [-0.25, -0.2) is 8.42 Å². The largest absolute Gasteiger partial charge is 0.492 e. The molecule has 0 saturated carbocycles. The maximum absolute atomic E-state index is 13.3. The summed E-state index contributed by atoms with van der Waals surface area (Å²) >= 11 is 0. The van der Waals surface area contributed by atoms with Gasteiger partial charge in [0.25, 0.3) is 0 Å². The van der Waals surface area contributed by atoms with E-state index in [4.69, 9.17) is 4.74 Å². The molecule has 0 aliphatic carbocycles. The van der Waals surface area contributed by atoms with Gasteiger partial charge in [0.1, 0.15) is 16.0 Å². The lowest BCUT2D eigenvalue weighted by atomic mass is 10.3. The Hall–Kier alpha value is -3.02. The maximum Gasteiger partial charge on any atom is 0.306 e. The molecule has 2 aromatic rings. The summed E-state index contributed by atoms with van der Waals surface area (Å²) in [5, 5.41) is 17.2. The summed E-state index contributed by atoms with van der Waals surface area (Å²) in [6.07, 6.45) is 6.67. The number of hydrogen-bond acceptors (Lipinski definition) is 9. The number of aliphatic carboxylic acids is 1. The molecule has 1 aliphatic rings. The van der Waals surface area contributed by atoms with Crippen molar-refractivity contribution in [2.75, 3.05) is 25.0 Å². The van der Waals surface area contributed by atoms with Gasteiger partial charge in [-0.2, -0.15) is 0 Å². The van der Waals surface area contributed by atoms with Crippen molar-refractivity contribution >= 4 is 27.7 Å². The van der Waals surface area contributed by atoms with Crippen molar-refractivity contribution in [2.45, 2.75) is 42.2 Å². The van der Waals surface area contributed by atoms with Crippen molar-refractivity contribution in [3.63, 3.8) is 0 Å². The van der Waals surface area contributed by atoms with Crippen LogP contribution in [0, 0.1) is 0 Å². The quantitative estimate of drug-likeness (QED) is 0.319. The van der Waals surface area contributed by atoms with E-state index >= 15 is 0 Å². The highest BCUT2D eigenvalue weighted by Crippen LogP contribution is 2.29. The molecule has 1 aromatic heterocycles. The SMILES string of the molecule is O=C(O)CC(Nc1cccnc1)S(=O)(=O)c1ccccc1OCCCCNC1N=CCCN1. The Balaban J connectivity index is 1.61. The predicted octanol–water partition coefficient (Wildman–Crippen LogP) is 1.86. The summed E-state index contributed by atoms with van der Waals surface area (Å²) in [5.74, 6) is -1.03. The van der Waals surface area contributed by atoms with E-state index in [1.807, 2.05) is 6.21 Å². The number of para-hydroxylation sites is 1. The van der Waals surface area contributed by atoms with Gasteiger partial charge < -0.3 is 15.2 Å². The first kappa shape index (κ1) is 24.6. The number of pyridine rings is 1. The molecule has 1 aliphatic heterocycles. The Morgan fingerprint density at radius 3 is 2.82 bits per heavy atom. The fourth-order valence-electron chi connectivity index (χ4n) is 3.28. The van der Waals surface area contributed by atoms with Crippen molar-refractivity contribution in [1.29, 1.82) is 0 Å². The molecule has 0 bridgehead atoms. The minimum absolute atomic E-state index is 0.0495. The van der Waals surface area contributed by atoms with E-state index in [1.54, 1.807) is 36.5 Å². The van der Waals surface area contributed by atoms with Crippen LogP contribution in [-0.4, -0.2) is 62.1 Å². The van der Waals surface area contributed by atoms with Crippen molar-refractivity contribution in [3.8, 4) is 5.75 Å². The minimum Gasteiger partial charge on any atom is -0.492 e. The Labute approximate surface area is 193 Å². The molecule has 4 N–H and O–H groups in total. The number of nitrogens with zero attached hydrogens (tertiary/aromatic N) is 2. The number of sulfone groups is 1. The number of carboxylic acid groups (broad SMARTS) is 1. The monoisotopic (exact) mass is 475 g/mol. The van der Waals surface area contributed by atoms with Crippen molar-refractivity contribution in [2.24, 2.45) is 4.99 Å². The molecule has 1 aromatic carbocycles. The summed E-state index contributed by atoms with van der Waals surface area (Å²) in [7, 11) is -4.07. The average Bonchev–Trinajstić information content (AvgIpc) is 2.82. The third kappa shape index (κ3) is 7.52. The molecular weight excluding hydrogens is 446 g/mol. The normalized spacial score (nSPS) is 16.8. The fraction of sp³-hybridized carbons (Fsp3) is 0.409. The van der Waals surface area contributed by atoms with E-state index < -0.39 is 27.6 Å². The number of hydrogen-bond donors (Lipinski definition) is 4. The highest BCUT2D eigenvalue weighted by Gasteiger charge is 2.32. The van der Waals surface area contributed by atoms with Crippen LogP contribution >= 0.6 is 0 Å². The van der Waals surface area contributed by atoms with Gasteiger partial charge in [-0.05, 0) is 50.1 Å². The average molecular weight is 476 g/mol. The molecule has 11 heteroatoms. The molecule has 2 atom stereocenters. The zero-order valence-electron chi connectivity index (χ0n) is 18.2. The van der Waals surface area contributed by atoms with Crippen molar-refractivity contribution < 1.29 is 23.1 Å². The van der Waals surface area contributed by atoms with Crippen LogP contribution in [0.4, 0.5) is 5.69 Å². The molecule has 0 spiro atoms. The van der Waals surface area contributed by atoms with Crippen LogP contribution in [0.25, 0.3) is 0 Å². The van der Waals surface area contributed by atoms with E-state index in [9.17, 15) is 18.3 Å². The smallest absolute Gasteiger partial charge is 0.306 e. The van der Waals surface area contributed by atoms with Gasteiger partial charge in [-0.3, -0.25) is 25.4 Å². The second-order valence-electron chi connectivity index (χ2n) is 7.45. The lowest BCUT2D eigenvalue weighted by Crippen LogP contribution is -2.43. The van der Waals surface area contributed by atoms with Crippen molar-refractivity contribution in [3.05, 3.63) is 48.8 Å². The van der Waals surface area contributed by atoms with Crippen LogP contribution in [0.3, 0.4) is 0 Å². The number of benzene rings is 1. The van der Waals surface area contributed by atoms with Crippen LogP contribution in [0.2, 0.25) is 0 Å². The first-order chi connectivity index (χ1) is 16.0. The minimum atomic E-state index is -4.07. The Bertz CT molecular complexity index is 1030. The summed E-state index contributed by atoms with van der Waals surface area (Å²) < 4.78 is 32.5. The van der Waals surface area contributed by atoms with Gasteiger partial charge in [0, 0.05) is 25.2 Å². The third-order valence-electron chi connectivity index (χ3n) is 4.91. The number of carbonyl (C=O) groups is 1. The lowest BCUT2D eigenvalue weighted by molar-refractivity contribution is -0.136. The van der Waals surface area contributed by atoms with Crippen molar-refractivity contribution in [1.82, 2.24) is 15.6 Å². The Morgan fingerprint density at radius 2 is 2.09 bits per heavy atom. The summed E-state index contributed by atoms with van der Waals surface area (Å²) in [4.78, 5) is 19.6. The van der Waals surface area contributed by atoms with Crippen LogP contribution < -0.4 is 20.7 Å². The Morgan fingerprint density at radius 1 is 1.24 bits per heavy atom. The lowest BCUT2D eigenvalue weighted by Gasteiger charge is -2.20. The highest BCUT2D eigenvalue weighted by molar-refractivity contribution is 7.92. The van der Waals surface area contributed by atoms with E-state index in [2.05, 4.69) is 25.9 Å². The van der Waals surface area contributed by atoms with E-state index in [-0.39, 0.29) is 16.9 Å². The van der Waals surface area contributed by atoms with Crippen LogP contribution in [0.1, 0.15) is 25.7 Å². The molecule has 10 nitrogen and oxygen atoms in total. The third-order valence-corrected chi connectivity index (χ3v) is 6.90. The second-order valence-corrected chi connectivity index (χ2v) is 9.55. The topological polar surface area (TPSA) is 142 Å². The number of unbranched alkanes of at least 4 members (excludes halogenated alkanes) is 1. The highest BCUT2D eigenvalue weighted by atomic mass is 32.2. The number of aromatic nitrogens is 1.